The Bertz CT molecular complexity index is 651. The number of nitrogens with two attached hydrogens (primary N) is 1. The highest BCUT2D eigenvalue weighted by molar-refractivity contribution is 6.00. The van der Waals surface area contributed by atoms with Crippen LogP contribution in [-0.2, 0) is 4.79 Å². The van der Waals surface area contributed by atoms with Gasteiger partial charge in [0, 0.05) is 30.9 Å². The van der Waals surface area contributed by atoms with E-state index >= 15 is 0 Å². The van der Waals surface area contributed by atoms with Gasteiger partial charge in [0.15, 0.2) is 5.84 Å². The van der Waals surface area contributed by atoms with Gasteiger partial charge >= 0.3 is 0 Å². The van der Waals surface area contributed by atoms with Gasteiger partial charge in [0.1, 0.15) is 12.3 Å². The molecule has 2 N–H and O–H groups in total. The molecule has 0 aromatic heterocycles. The number of anilines is 1. The molecule has 114 valence electrons. The largest absolute Gasteiger partial charge is 0.493 e. The van der Waals surface area contributed by atoms with E-state index in [9.17, 15) is 4.79 Å². The number of fused-ring (bicyclic) bond motifs is 1. The molecule has 0 unspecified atom stereocenters. The molecule has 1 aromatic rings. The van der Waals surface area contributed by atoms with Crippen molar-refractivity contribution >= 4 is 17.4 Å². The van der Waals surface area contributed by atoms with Crippen LogP contribution in [0.25, 0.3) is 0 Å². The predicted octanol–water partition coefficient (Wildman–Crippen LogP) is 1.58. The van der Waals surface area contributed by atoms with Gasteiger partial charge in [-0.2, -0.15) is 5.10 Å². The number of amides is 1. The smallest absolute Gasteiger partial charge is 0.262 e. The van der Waals surface area contributed by atoms with Crippen LogP contribution in [-0.4, -0.2) is 41.3 Å². The number of hydrazone groups is 1. The van der Waals surface area contributed by atoms with E-state index in [2.05, 4.69) is 5.10 Å². The van der Waals surface area contributed by atoms with Crippen LogP contribution >= 0.6 is 0 Å². The quantitative estimate of drug-likeness (QED) is 0.662. The van der Waals surface area contributed by atoms with Crippen molar-refractivity contribution in [3.05, 3.63) is 48.7 Å². The van der Waals surface area contributed by atoms with E-state index in [1.165, 1.54) is 5.01 Å². The molecule has 1 aromatic carbocycles. The lowest BCUT2D eigenvalue weighted by atomic mass is 10.3. The van der Waals surface area contributed by atoms with Crippen molar-refractivity contribution in [1.29, 1.82) is 0 Å². The van der Waals surface area contributed by atoms with Crippen LogP contribution in [0.4, 0.5) is 5.69 Å². The second-order valence-electron chi connectivity index (χ2n) is 5.08. The molecule has 0 saturated heterocycles. The Morgan fingerprint density at radius 2 is 2.23 bits per heavy atom. The number of nitrogens with zero attached hydrogens (tertiary/aromatic N) is 3. The molecule has 22 heavy (non-hydrogen) atoms. The van der Waals surface area contributed by atoms with Crippen molar-refractivity contribution in [2.45, 2.75) is 6.42 Å². The highest BCUT2D eigenvalue weighted by Gasteiger charge is 2.24. The van der Waals surface area contributed by atoms with Gasteiger partial charge in [-0.15, -0.1) is 0 Å². The lowest BCUT2D eigenvalue weighted by Gasteiger charge is -2.31. The van der Waals surface area contributed by atoms with Crippen LogP contribution in [0.5, 0.6) is 5.75 Å². The number of rotatable bonds is 5. The van der Waals surface area contributed by atoms with Gasteiger partial charge < -0.3 is 15.4 Å². The van der Waals surface area contributed by atoms with Crippen LogP contribution in [0.2, 0.25) is 0 Å². The zero-order chi connectivity index (χ0) is 15.4. The molecular formula is C16H18N4O2. The molecule has 2 aliphatic rings. The Labute approximate surface area is 129 Å². The fourth-order valence-electron chi connectivity index (χ4n) is 2.28. The van der Waals surface area contributed by atoms with E-state index < -0.39 is 0 Å². The number of nitrogen functional groups attached to an aromatic ring is 1. The van der Waals surface area contributed by atoms with Crippen molar-refractivity contribution in [3.63, 3.8) is 0 Å². The maximum absolute atomic E-state index is 12.0. The van der Waals surface area contributed by atoms with Crippen LogP contribution < -0.4 is 10.5 Å². The average molecular weight is 298 g/mol. The topological polar surface area (TPSA) is 71.2 Å². The van der Waals surface area contributed by atoms with E-state index in [1.54, 1.807) is 6.07 Å². The number of allylic oxidation sites excluding steroid dienone is 2. The van der Waals surface area contributed by atoms with E-state index in [1.807, 2.05) is 47.5 Å². The Balaban J connectivity index is 1.50. The van der Waals surface area contributed by atoms with Crippen molar-refractivity contribution in [3.8, 4) is 5.75 Å². The first kappa shape index (κ1) is 14.2. The van der Waals surface area contributed by atoms with Gasteiger partial charge in [0.2, 0.25) is 0 Å². The SMILES string of the molecule is Nc1cccc(OCCCN2N=C3C=CC=CN3CC2=O)c1. The number of amidine groups is 1. The fraction of sp³-hybridized carbons (Fsp3) is 0.250. The second-order valence-corrected chi connectivity index (χ2v) is 5.08. The van der Waals surface area contributed by atoms with E-state index in [4.69, 9.17) is 10.5 Å². The maximum Gasteiger partial charge on any atom is 0.262 e. The molecule has 6 nitrogen and oxygen atoms in total. The molecule has 0 spiro atoms. The lowest BCUT2D eigenvalue weighted by molar-refractivity contribution is -0.132. The Morgan fingerprint density at radius 3 is 3.09 bits per heavy atom. The Kier molecular flexibility index (Phi) is 4.09. The van der Waals surface area contributed by atoms with Crippen molar-refractivity contribution in [1.82, 2.24) is 9.91 Å². The van der Waals surface area contributed by atoms with Crippen LogP contribution in [0.3, 0.4) is 0 Å². The van der Waals surface area contributed by atoms with Gasteiger partial charge in [0.05, 0.1) is 6.61 Å². The third-order valence-corrected chi connectivity index (χ3v) is 3.37. The molecule has 0 radical (unpaired) electrons. The molecule has 0 bridgehead atoms. The Morgan fingerprint density at radius 1 is 1.32 bits per heavy atom. The molecule has 3 rings (SSSR count). The number of hydrogen-bond donors (Lipinski definition) is 1. The van der Waals surface area contributed by atoms with E-state index in [0.717, 1.165) is 11.6 Å². The summed E-state index contributed by atoms with van der Waals surface area (Å²) in [4.78, 5) is 13.9. The molecule has 6 heteroatoms. The first-order valence-electron chi connectivity index (χ1n) is 7.21. The summed E-state index contributed by atoms with van der Waals surface area (Å²) in [6.45, 7) is 1.38. The van der Waals surface area contributed by atoms with Crippen molar-refractivity contribution in [2.75, 3.05) is 25.4 Å². The van der Waals surface area contributed by atoms with Gasteiger partial charge in [-0.1, -0.05) is 12.1 Å². The number of carbonyl (C=O) groups excluding carboxylic acids is 1. The summed E-state index contributed by atoms with van der Waals surface area (Å²) < 4.78 is 5.62. The van der Waals surface area contributed by atoms with Crippen molar-refractivity contribution in [2.24, 2.45) is 5.10 Å². The first-order chi connectivity index (χ1) is 10.7. The molecule has 0 atom stereocenters. The normalized spacial score (nSPS) is 16.5. The van der Waals surface area contributed by atoms with Crippen LogP contribution in [0.15, 0.2) is 53.8 Å². The Hall–Kier alpha value is -2.76. The molecule has 2 heterocycles. The van der Waals surface area contributed by atoms with Gasteiger partial charge in [0.25, 0.3) is 5.91 Å². The molecule has 1 amide bonds. The van der Waals surface area contributed by atoms with E-state index in [-0.39, 0.29) is 5.91 Å². The first-order valence-corrected chi connectivity index (χ1v) is 7.21. The summed E-state index contributed by atoms with van der Waals surface area (Å²) >= 11 is 0. The van der Waals surface area contributed by atoms with Gasteiger partial charge in [-0.05, 0) is 24.3 Å². The molecule has 0 fully saturated rings. The molecule has 0 aliphatic carbocycles. The van der Waals surface area contributed by atoms with Gasteiger partial charge in [-0.25, -0.2) is 5.01 Å². The molecule has 0 saturated carbocycles. The number of ether oxygens (including phenoxy) is 1. The van der Waals surface area contributed by atoms with Crippen LogP contribution in [0.1, 0.15) is 6.42 Å². The third-order valence-electron chi connectivity index (χ3n) is 3.37. The van der Waals surface area contributed by atoms with Crippen LogP contribution in [0, 0.1) is 0 Å². The number of hydrogen-bond acceptors (Lipinski definition) is 5. The minimum atomic E-state index is -0.00680. The summed E-state index contributed by atoms with van der Waals surface area (Å²) in [6.07, 6.45) is 8.25. The lowest BCUT2D eigenvalue weighted by Crippen LogP contribution is -2.45. The van der Waals surface area contributed by atoms with E-state index in [0.29, 0.717) is 31.8 Å². The second kappa shape index (κ2) is 6.34. The predicted molar refractivity (Wildman–Crippen MR) is 85.1 cm³/mol. The third kappa shape index (κ3) is 3.28. The van der Waals surface area contributed by atoms with Crippen molar-refractivity contribution < 1.29 is 9.53 Å². The maximum atomic E-state index is 12.0. The summed E-state index contributed by atoms with van der Waals surface area (Å²) in [5, 5.41) is 5.87. The minimum Gasteiger partial charge on any atom is -0.493 e. The van der Waals surface area contributed by atoms with Gasteiger partial charge in [-0.3, -0.25) is 4.79 Å². The monoisotopic (exact) mass is 298 g/mol. The highest BCUT2D eigenvalue weighted by atomic mass is 16.5. The minimum absolute atomic E-state index is 0.00680. The summed E-state index contributed by atoms with van der Waals surface area (Å²) in [7, 11) is 0. The summed E-state index contributed by atoms with van der Waals surface area (Å²) in [5.41, 5.74) is 6.37. The highest BCUT2D eigenvalue weighted by Crippen LogP contribution is 2.15. The number of benzene rings is 1. The average Bonchev–Trinajstić information content (AvgIpc) is 2.52. The fourth-order valence-corrected chi connectivity index (χ4v) is 2.28. The summed E-state index contributed by atoms with van der Waals surface area (Å²) in [6, 6.07) is 7.30. The zero-order valence-corrected chi connectivity index (χ0v) is 12.2. The molecular weight excluding hydrogens is 280 g/mol. The molecule has 2 aliphatic heterocycles. The summed E-state index contributed by atoms with van der Waals surface area (Å²) in [5.74, 6) is 1.52. The zero-order valence-electron chi connectivity index (χ0n) is 12.2. The number of carbonyl (C=O) groups is 1. The standard InChI is InChI=1S/C16H18N4O2/c17-13-5-3-6-14(11-13)22-10-4-9-20-16(21)12-19-8-2-1-7-15(19)18-20/h1-3,5-8,11H,4,9-10,12,17H2.